The van der Waals surface area contributed by atoms with Crippen LogP contribution in [0.4, 0.5) is 0 Å². The number of esters is 1. The van der Waals surface area contributed by atoms with E-state index in [0.29, 0.717) is 19.6 Å². The number of rotatable bonds is 45. The number of nitrogens with one attached hydrogen (secondary N) is 1. The number of hydrogen-bond acceptors (Lipinski definition) is 6. The van der Waals surface area contributed by atoms with E-state index < -0.39 is 0 Å². The van der Waals surface area contributed by atoms with Gasteiger partial charge in [0, 0.05) is 19.6 Å². The number of amides is 1. The Morgan fingerprint density at radius 1 is 0.544 bits per heavy atom. The summed E-state index contributed by atoms with van der Waals surface area (Å²) < 4.78 is 10.7. The number of nitrogens with zero attached hydrogens (tertiary/aromatic N) is 1. The second-order valence-corrected chi connectivity index (χ2v) is 16.7. The molecule has 0 aromatic carbocycles. The van der Waals surface area contributed by atoms with Gasteiger partial charge in [-0.05, 0) is 64.6 Å². The van der Waals surface area contributed by atoms with Gasteiger partial charge in [0.25, 0.3) is 6.47 Å². The third kappa shape index (κ3) is 48.6. The normalized spacial score (nSPS) is 11.2. The summed E-state index contributed by atoms with van der Waals surface area (Å²) in [6.45, 7) is 13.9. The molecule has 0 saturated carbocycles. The van der Waals surface area contributed by atoms with Gasteiger partial charge in [-0.25, -0.2) is 0 Å². The number of unbranched alkanes of at least 4 members (excludes halogenated alkanes) is 24. The molecular weight excluding hydrogens is 713 g/mol. The first-order chi connectivity index (χ1) is 28.0. The summed E-state index contributed by atoms with van der Waals surface area (Å²) in [7, 11) is 0. The van der Waals surface area contributed by atoms with Gasteiger partial charge in [-0.1, -0.05) is 201 Å². The van der Waals surface area contributed by atoms with E-state index in [1.54, 1.807) is 0 Å². The molecule has 8 heteroatoms. The average Bonchev–Trinajstić information content (AvgIpc) is 3.21. The molecule has 0 radical (unpaired) electrons. The van der Waals surface area contributed by atoms with Crippen LogP contribution in [0.1, 0.15) is 246 Å². The number of ether oxygens (including phenoxy) is 2. The Kier molecular flexibility index (Phi) is 50.8. The van der Waals surface area contributed by atoms with Gasteiger partial charge in [-0.2, -0.15) is 0 Å². The summed E-state index contributed by atoms with van der Waals surface area (Å²) in [6.07, 6.45) is 44.1. The second kappa shape index (κ2) is 50.5. The molecule has 0 aromatic rings. The third-order valence-electron chi connectivity index (χ3n) is 11.3. The highest BCUT2D eigenvalue weighted by Gasteiger charge is 2.10. The molecule has 0 spiro atoms. The van der Waals surface area contributed by atoms with Crippen molar-refractivity contribution in [2.45, 2.75) is 246 Å². The average molecular weight is 811 g/mol. The summed E-state index contributed by atoms with van der Waals surface area (Å²) in [5.41, 5.74) is 0. The third-order valence-corrected chi connectivity index (χ3v) is 11.3. The van der Waals surface area contributed by atoms with Crippen molar-refractivity contribution in [1.82, 2.24) is 10.2 Å². The van der Waals surface area contributed by atoms with Gasteiger partial charge in [0.05, 0.1) is 6.61 Å². The molecule has 0 atom stereocenters. The van der Waals surface area contributed by atoms with Gasteiger partial charge in [-0.3, -0.25) is 14.4 Å². The SMILES string of the molecule is CCCCCCCCCOC(=O)CCCCCCCN(CCCCCCCC(CCCCCCCC)CCCCCCCC)CCCNC(=O)COCC.O=CO. The van der Waals surface area contributed by atoms with Crippen LogP contribution in [0.15, 0.2) is 0 Å². The van der Waals surface area contributed by atoms with Crippen LogP contribution in [0.2, 0.25) is 0 Å². The molecule has 0 aliphatic rings. The zero-order chi connectivity index (χ0) is 42.1. The van der Waals surface area contributed by atoms with Crippen molar-refractivity contribution < 1.29 is 29.0 Å². The standard InChI is InChI=1S/C48H96N2O4.CH2O2/c1-5-9-12-15-18-27-34-44-54-48(52)39-31-24-20-26-33-42-50(43-35-40-49-47(51)45-53-8-4)41-32-25-19-23-30-38-46(36-28-21-16-13-10-6-2)37-29-22-17-14-11-7-3;2-1-3/h46H,5-45H2,1-4H3,(H,49,51);1H,(H,2,3). The smallest absolute Gasteiger partial charge is 0.305 e. The summed E-state index contributed by atoms with van der Waals surface area (Å²) in [5.74, 6) is 0.938. The molecule has 1 amide bonds. The van der Waals surface area contributed by atoms with E-state index >= 15 is 0 Å². The van der Waals surface area contributed by atoms with Crippen LogP contribution in [0, 0.1) is 5.92 Å². The molecule has 0 fully saturated rings. The summed E-state index contributed by atoms with van der Waals surface area (Å²) in [6, 6.07) is 0. The molecule has 0 unspecified atom stereocenters. The van der Waals surface area contributed by atoms with Crippen molar-refractivity contribution in [3.05, 3.63) is 0 Å². The Hall–Kier alpha value is -1.67. The van der Waals surface area contributed by atoms with Crippen LogP contribution in [0.5, 0.6) is 0 Å². The molecule has 0 rings (SSSR count). The fourth-order valence-corrected chi connectivity index (χ4v) is 7.72. The van der Waals surface area contributed by atoms with Crippen LogP contribution in [-0.4, -0.2) is 74.4 Å². The van der Waals surface area contributed by atoms with E-state index in [9.17, 15) is 9.59 Å². The first kappa shape index (κ1) is 57.4. The molecule has 0 aliphatic heterocycles. The summed E-state index contributed by atoms with van der Waals surface area (Å²) in [4.78, 5) is 35.1. The van der Waals surface area contributed by atoms with Gasteiger partial charge < -0.3 is 24.8 Å². The van der Waals surface area contributed by atoms with Crippen LogP contribution >= 0.6 is 0 Å². The summed E-state index contributed by atoms with van der Waals surface area (Å²) >= 11 is 0. The fourth-order valence-electron chi connectivity index (χ4n) is 7.72. The lowest BCUT2D eigenvalue weighted by molar-refractivity contribution is -0.144. The number of hydrogen-bond donors (Lipinski definition) is 2. The van der Waals surface area contributed by atoms with E-state index in [1.807, 2.05) is 6.92 Å². The highest BCUT2D eigenvalue weighted by Crippen LogP contribution is 2.25. The van der Waals surface area contributed by atoms with Gasteiger partial charge in [-0.15, -0.1) is 0 Å². The van der Waals surface area contributed by atoms with Gasteiger partial charge >= 0.3 is 5.97 Å². The number of carbonyl (C=O) groups is 3. The van der Waals surface area contributed by atoms with Gasteiger partial charge in [0.15, 0.2) is 0 Å². The molecule has 0 aromatic heterocycles. The van der Waals surface area contributed by atoms with E-state index in [4.69, 9.17) is 19.4 Å². The van der Waals surface area contributed by atoms with Crippen LogP contribution in [-0.2, 0) is 23.9 Å². The maximum atomic E-state index is 12.1. The summed E-state index contributed by atoms with van der Waals surface area (Å²) in [5, 5.41) is 9.91. The van der Waals surface area contributed by atoms with Crippen molar-refractivity contribution in [3.63, 3.8) is 0 Å². The van der Waals surface area contributed by atoms with Crippen LogP contribution in [0.25, 0.3) is 0 Å². The van der Waals surface area contributed by atoms with E-state index in [-0.39, 0.29) is 25.0 Å². The minimum absolute atomic E-state index is 0.00808. The molecule has 2 N–H and O–H groups in total. The largest absolute Gasteiger partial charge is 0.483 e. The lowest BCUT2D eigenvalue weighted by atomic mass is 9.89. The first-order valence-corrected chi connectivity index (χ1v) is 24.8. The Labute approximate surface area is 354 Å². The molecule has 57 heavy (non-hydrogen) atoms. The number of carboxylic acid groups (broad SMARTS) is 1. The van der Waals surface area contributed by atoms with Crippen molar-refractivity contribution in [3.8, 4) is 0 Å². The lowest BCUT2D eigenvalue weighted by Crippen LogP contribution is -2.33. The number of carbonyl (C=O) groups excluding carboxylic acids is 2. The van der Waals surface area contributed by atoms with Crippen molar-refractivity contribution in [1.29, 1.82) is 0 Å². The van der Waals surface area contributed by atoms with Crippen molar-refractivity contribution in [2.75, 3.05) is 46.0 Å². The Balaban J connectivity index is 0. The van der Waals surface area contributed by atoms with Gasteiger partial charge in [0.1, 0.15) is 6.61 Å². The minimum atomic E-state index is -0.250. The van der Waals surface area contributed by atoms with E-state index in [0.717, 1.165) is 57.8 Å². The van der Waals surface area contributed by atoms with E-state index in [2.05, 4.69) is 31.0 Å². The van der Waals surface area contributed by atoms with Crippen LogP contribution < -0.4 is 5.32 Å². The first-order valence-electron chi connectivity index (χ1n) is 24.8. The van der Waals surface area contributed by atoms with Gasteiger partial charge in [0.2, 0.25) is 5.91 Å². The quantitative estimate of drug-likeness (QED) is 0.0358. The lowest BCUT2D eigenvalue weighted by Gasteiger charge is -2.22. The minimum Gasteiger partial charge on any atom is -0.483 e. The zero-order valence-corrected chi connectivity index (χ0v) is 38.6. The molecule has 0 saturated heterocycles. The topological polar surface area (TPSA) is 105 Å². The molecule has 0 heterocycles. The van der Waals surface area contributed by atoms with Crippen molar-refractivity contribution >= 4 is 18.3 Å². The Bertz CT molecular complexity index is 797. The van der Waals surface area contributed by atoms with Crippen molar-refractivity contribution in [2.24, 2.45) is 5.92 Å². The molecule has 340 valence electrons. The molecule has 0 bridgehead atoms. The van der Waals surface area contributed by atoms with E-state index in [1.165, 1.54) is 186 Å². The maximum Gasteiger partial charge on any atom is 0.305 e. The highest BCUT2D eigenvalue weighted by atomic mass is 16.5. The predicted octanol–water partition coefficient (Wildman–Crippen LogP) is 13.6. The Morgan fingerprint density at radius 2 is 0.930 bits per heavy atom. The second-order valence-electron chi connectivity index (χ2n) is 16.7. The molecule has 8 nitrogen and oxygen atoms in total. The maximum absolute atomic E-state index is 12.1. The highest BCUT2D eigenvalue weighted by molar-refractivity contribution is 5.77. The zero-order valence-electron chi connectivity index (χ0n) is 38.6. The fraction of sp³-hybridized carbons (Fsp3) is 0.939. The monoisotopic (exact) mass is 811 g/mol. The Morgan fingerprint density at radius 3 is 1.39 bits per heavy atom. The molecular formula is C49H98N2O6. The van der Waals surface area contributed by atoms with Crippen LogP contribution in [0.3, 0.4) is 0 Å². The molecule has 0 aliphatic carbocycles. The predicted molar refractivity (Wildman–Crippen MR) is 243 cm³/mol.